The minimum Gasteiger partial charge on any atom is -0.325 e. The van der Waals surface area contributed by atoms with Crippen LogP contribution >= 0.6 is 35.0 Å². The summed E-state index contributed by atoms with van der Waals surface area (Å²) >= 11 is 13.8. The van der Waals surface area contributed by atoms with E-state index in [0.29, 0.717) is 23.1 Å². The first kappa shape index (κ1) is 18.7. The normalized spacial score (nSPS) is 22.5. The molecule has 2 aromatic carbocycles. The van der Waals surface area contributed by atoms with E-state index in [9.17, 15) is 9.59 Å². The second kappa shape index (κ2) is 7.74. The zero-order valence-electron chi connectivity index (χ0n) is 14.5. The van der Waals surface area contributed by atoms with Gasteiger partial charge >= 0.3 is 0 Å². The van der Waals surface area contributed by atoms with Crippen molar-refractivity contribution in [2.75, 3.05) is 23.7 Å². The molecule has 2 saturated heterocycles. The van der Waals surface area contributed by atoms with Gasteiger partial charge in [-0.25, -0.2) is 0 Å². The number of carbonyl (C=O) groups is 2. The van der Waals surface area contributed by atoms with Crippen LogP contribution in [0.25, 0.3) is 0 Å². The van der Waals surface area contributed by atoms with Crippen molar-refractivity contribution in [3.05, 3.63) is 64.1 Å². The van der Waals surface area contributed by atoms with Crippen LogP contribution in [0.4, 0.5) is 5.69 Å². The molecule has 2 amide bonds. The largest absolute Gasteiger partial charge is 0.325 e. The van der Waals surface area contributed by atoms with Crippen LogP contribution in [0.3, 0.4) is 0 Å². The summed E-state index contributed by atoms with van der Waals surface area (Å²) in [5.74, 6) is 0.565. The maximum Gasteiger partial charge on any atom is 0.229 e. The Morgan fingerprint density at radius 2 is 1.85 bits per heavy atom. The fourth-order valence-electron chi connectivity index (χ4n) is 3.61. The van der Waals surface area contributed by atoms with Gasteiger partial charge in [-0.15, -0.1) is 11.8 Å². The Morgan fingerprint density at radius 1 is 1.07 bits per heavy atom. The second-order valence-corrected chi connectivity index (χ2v) is 8.75. The van der Waals surface area contributed by atoms with Gasteiger partial charge in [-0.1, -0.05) is 35.3 Å². The van der Waals surface area contributed by atoms with Gasteiger partial charge in [0.15, 0.2) is 0 Å². The third-order valence-electron chi connectivity index (χ3n) is 4.92. The number of hydrogen-bond donors (Lipinski definition) is 0. The molecule has 2 atom stereocenters. The number of rotatable bonds is 3. The molecule has 7 heteroatoms. The molecule has 2 fully saturated rings. The van der Waals surface area contributed by atoms with Crippen molar-refractivity contribution in [1.29, 1.82) is 0 Å². The summed E-state index contributed by atoms with van der Waals surface area (Å²) in [4.78, 5) is 29.2. The highest BCUT2D eigenvalue weighted by Gasteiger charge is 2.40. The van der Waals surface area contributed by atoms with Gasteiger partial charge < -0.3 is 9.80 Å². The van der Waals surface area contributed by atoms with E-state index in [2.05, 4.69) is 0 Å². The standard InChI is InChI=1S/C20H18Cl2N2O2S/c21-15-4-6-17(7-5-15)24-12-14(11-18(24)25)19(26)23-8-9-27-20(23)13-2-1-3-16(22)10-13/h1-7,10,14,20H,8-9,11-12H2. The average molecular weight is 421 g/mol. The molecule has 2 aromatic rings. The number of nitrogens with zero attached hydrogens (tertiary/aromatic N) is 2. The fraction of sp³-hybridized carbons (Fsp3) is 0.300. The lowest BCUT2D eigenvalue weighted by Crippen LogP contribution is -2.37. The van der Waals surface area contributed by atoms with Crippen molar-refractivity contribution in [3.8, 4) is 0 Å². The monoisotopic (exact) mass is 420 g/mol. The van der Waals surface area contributed by atoms with Gasteiger partial charge in [0.1, 0.15) is 5.37 Å². The molecule has 0 spiro atoms. The Bertz CT molecular complexity index is 875. The van der Waals surface area contributed by atoms with E-state index in [1.807, 2.05) is 41.3 Å². The quantitative estimate of drug-likeness (QED) is 0.726. The van der Waals surface area contributed by atoms with E-state index in [1.165, 1.54) is 0 Å². The van der Waals surface area contributed by atoms with E-state index in [0.717, 1.165) is 17.0 Å². The number of amides is 2. The van der Waals surface area contributed by atoms with Gasteiger partial charge in [-0.2, -0.15) is 0 Å². The first-order valence-electron chi connectivity index (χ1n) is 8.76. The Labute approximate surface area is 172 Å². The van der Waals surface area contributed by atoms with Crippen molar-refractivity contribution in [3.63, 3.8) is 0 Å². The first-order valence-corrected chi connectivity index (χ1v) is 10.6. The lowest BCUT2D eigenvalue weighted by molar-refractivity contribution is -0.136. The maximum atomic E-state index is 13.2. The number of benzene rings is 2. The molecule has 0 saturated carbocycles. The summed E-state index contributed by atoms with van der Waals surface area (Å²) in [6.45, 7) is 1.09. The molecule has 2 aliphatic heterocycles. The molecule has 2 aliphatic rings. The molecule has 4 nitrogen and oxygen atoms in total. The highest BCUT2D eigenvalue weighted by atomic mass is 35.5. The second-order valence-electron chi connectivity index (χ2n) is 6.69. The minimum atomic E-state index is -0.325. The van der Waals surface area contributed by atoms with Gasteiger partial charge in [-0.3, -0.25) is 9.59 Å². The first-order chi connectivity index (χ1) is 13.0. The van der Waals surface area contributed by atoms with Crippen LogP contribution in [0, 0.1) is 5.92 Å². The van der Waals surface area contributed by atoms with Crippen molar-refractivity contribution in [1.82, 2.24) is 4.90 Å². The topological polar surface area (TPSA) is 40.6 Å². The van der Waals surface area contributed by atoms with Crippen molar-refractivity contribution in [2.45, 2.75) is 11.8 Å². The van der Waals surface area contributed by atoms with Crippen molar-refractivity contribution in [2.24, 2.45) is 5.92 Å². The van der Waals surface area contributed by atoms with Crippen LogP contribution < -0.4 is 4.90 Å². The molecule has 4 rings (SSSR count). The van der Waals surface area contributed by atoms with Crippen molar-refractivity contribution < 1.29 is 9.59 Å². The lowest BCUT2D eigenvalue weighted by Gasteiger charge is -2.27. The summed E-state index contributed by atoms with van der Waals surface area (Å²) in [6.07, 6.45) is 0.241. The Morgan fingerprint density at radius 3 is 2.59 bits per heavy atom. The number of halogens is 2. The molecule has 2 heterocycles. The van der Waals surface area contributed by atoms with Gasteiger partial charge in [0.25, 0.3) is 0 Å². The van der Waals surface area contributed by atoms with E-state index in [-0.39, 0.29) is 29.5 Å². The molecular formula is C20H18Cl2N2O2S. The highest BCUT2D eigenvalue weighted by Crippen LogP contribution is 2.40. The SMILES string of the molecule is O=C1CC(C(=O)N2CCSC2c2cccc(Cl)c2)CN1c1ccc(Cl)cc1. The van der Waals surface area contributed by atoms with Gasteiger partial charge in [0.05, 0.1) is 5.92 Å². The van der Waals surface area contributed by atoms with Crippen molar-refractivity contribution >= 4 is 52.5 Å². The smallest absolute Gasteiger partial charge is 0.229 e. The predicted molar refractivity (Wildman–Crippen MR) is 110 cm³/mol. The minimum absolute atomic E-state index is 0.0261. The molecule has 0 aliphatic carbocycles. The third-order valence-corrected chi connectivity index (χ3v) is 6.67. The van der Waals surface area contributed by atoms with Crippen LogP contribution in [-0.4, -0.2) is 35.6 Å². The van der Waals surface area contributed by atoms with Gasteiger partial charge in [-0.05, 0) is 42.0 Å². The number of carbonyl (C=O) groups excluding carboxylic acids is 2. The molecule has 0 bridgehead atoms. The molecule has 2 unspecified atom stereocenters. The number of thioether (sulfide) groups is 1. The zero-order chi connectivity index (χ0) is 19.0. The van der Waals surface area contributed by atoms with Crippen LogP contribution in [0.2, 0.25) is 10.0 Å². The zero-order valence-corrected chi connectivity index (χ0v) is 16.8. The van der Waals surface area contributed by atoms with Crippen LogP contribution in [0.5, 0.6) is 0 Å². The number of hydrogen-bond acceptors (Lipinski definition) is 3. The number of anilines is 1. The average Bonchev–Trinajstić information content (AvgIpc) is 3.29. The fourth-order valence-corrected chi connectivity index (χ4v) is 5.19. The Kier molecular flexibility index (Phi) is 5.35. The van der Waals surface area contributed by atoms with E-state index in [4.69, 9.17) is 23.2 Å². The molecule has 0 N–H and O–H groups in total. The highest BCUT2D eigenvalue weighted by molar-refractivity contribution is 7.99. The molecular weight excluding hydrogens is 403 g/mol. The Balaban J connectivity index is 1.51. The van der Waals surface area contributed by atoms with Crippen LogP contribution in [0.15, 0.2) is 48.5 Å². The summed E-state index contributed by atoms with van der Waals surface area (Å²) in [5, 5.41) is 1.24. The lowest BCUT2D eigenvalue weighted by atomic mass is 10.1. The summed E-state index contributed by atoms with van der Waals surface area (Å²) in [7, 11) is 0. The summed E-state index contributed by atoms with van der Waals surface area (Å²) in [6, 6.07) is 14.8. The summed E-state index contributed by atoms with van der Waals surface area (Å²) < 4.78 is 0. The van der Waals surface area contributed by atoms with Crippen LogP contribution in [0.1, 0.15) is 17.4 Å². The van der Waals surface area contributed by atoms with E-state index in [1.54, 1.807) is 28.8 Å². The van der Waals surface area contributed by atoms with Gasteiger partial charge in [0.2, 0.25) is 11.8 Å². The molecule has 0 aromatic heterocycles. The van der Waals surface area contributed by atoms with Gasteiger partial charge in [0, 0.05) is 41.0 Å². The Hall–Kier alpha value is -1.69. The maximum absolute atomic E-state index is 13.2. The van der Waals surface area contributed by atoms with Crippen LogP contribution in [-0.2, 0) is 9.59 Å². The molecule has 27 heavy (non-hydrogen) atoms. The third kappa shape index (κ3) is 3.82. The molecule has 140 valence electrons. The summed E-state index contributed by atoms with van der Waals surface area (Å²) in [5.41, 5.74) is 1.80. The predicted octanol–water partition coefficient (Wildman–Crippen LogP) is 4.62. The van der Waals surface area contributed by atoms with E-state index >= 15 is 0 Å². The molecule has 0 radical (unpaired) electrons. The van der Waals surface area contributed by atoms with E-state index < -0.39 is 0 Å².